The molecule has 0 radical (unpaired) electrons. The van der Waals surface area contributed by atoms with E-state index >= 15 is 0 Å². The number of halogens is 2. The fraction of sp³-hybridized carbons (Fsp3) is 0.462. The molecule has 1 aromatic rings. The summed E-state index contributed by atoms with van der Waals surface area (Å²) in [6.07, 6.45) is 2.03. The first-order valence-electron chi connectivity index (χ1n) is 6.09. The standard InChI is InChI=1S/C13H16BrFN2O/c14-11-3-4-12(15)10(7-11)8-16-5-6-17-13(18)9-1-2-9/h3-4,7,9,16H,1-2,5-6,8H2,(H,17,18). The van der Waals surface area contributed by atoms with Crippen molar-refractivity contribution in [3.63, 3.8) is 0 Å². The summed E-state index contributed by atoms with van der Waals surface area (Å²) in [5.41, 5.74) is 0.623. The minimum atomic E-state index is -0.215. The molecule has 0 heterocycles. The van der Waals surface area contributed by atoms with Crippen LogP contribution in [0.1, 0.15) is 18.4 Å². The van der Waals surface area contributed by atoms with E-state index in [0.717, 1.165) is 17.3 Å². The molecule has 1 aliphatic rings. The molecule has 0 saturated heterocycles. The zero-order valence-corrected chi connectivity index (χ0v) is 11.6. The maximum absolute atomic E-state index is 13.4. The van der Waals surface area contributed by atoms with Crippen LogP contribution in [0.25, 0.3) is 0 Å². The Bertz CT molecular complexity index is 435. The summed E-state index contributed by atoms with van der Waals surface area (Å²) in [4.78, 5) is 11.3. The molecular formula is C13H16BrFN2O. The van der Waals surface area contributed by atoms with Crippen LogP contribution in [0, 0.1) is 11.7 Å². The van der Waals surface area contributed by atoms with Crippen LogP contribution in [-0.4, -0.2) is 19.0 Å². The third-order valence-electron chi connectivity index (χ3n) is 2.87. The SMILES string of the molecule is O=C(NCCNCc1cc(Br)ccc1F)C1CC1. The molecule has 0 unspecified atom stereocenters. The number of amides is 1. The van der Waals surface area contributed by atoms with E-state index in [2.05, 4.69) is 26.6 Å². The summed E-state index contributed by atoms with van der Waals surface area (Å²) in [6, 6.07) is 4.87. The fourth-order valence-corrected chi connectivity index (χ4v) is 2.07. The molecule has 3 nitrogen and oxygen atoms in total. The lowest BCUT2D eigenvalue weighted by molar-refractivity contribution is -0.122. The van der Waals surface area contributed by atoms with Gasteiger partial charge >= 0.3 is 0 Å². The van der Waals surface area contributed by atoms with Crippen molar-refractivity contribution in [1.29, 1.82) is 0 Å². The number of hydrogen-bond acceptors (Lipinski definition) is 2. The van der Waals surface area contributed by atoms with Gasteiger partial charge in [0.15, 0.2) is 0 Å². The lowest BCUT2D eigenvalue weighted by Gasteiger charge is -2.07. The van der Waals surface area contributed by atoms with Gasteiger partial charge in [-0.3, -0.25) is 4.79 Å². The molecule has 0 bridgehead atoms. The molecule has 98 valence electrons. The molecule has 5 heteroatoms. The monoisotopic (exact) mass is 314 g/mol. The zero-order chi connectivity index (χ0) is 13.0. The first-order chi connectivity index (χ1) is 8.66. The number of nitrogens with one attached hydrogen (secondary N) is 2. The van der Waals surface area contributed by atoms with Crippen LogP contribution in [0.15, 0.2) is 22.7 Å². The lowest BCUT2D eigenvalue weighted by atomic mass is 10.2. The van der Waals surface area contributed by atoms with Gasteiger partial charge in [-0.15, -0.1) is 0 Å². The molecule has 18 heavy (non-hydrogen) atoms. The van der Waals surface area contributed by atoms with Crippen LogP contribution in [0.3, 0.4) is 0 Å². The third-order valence-corrected chi connectivity index (χ3v) is 3.37. The van der Waals surface area contributed by atoms with Crippen molar-refractivity contribution in [2.75, 3.05) is 13.1 Å². The van der Waals surface area contributed by atoms with E-state index in [1.807, 2.05) is 0 Å². The first-order valence-corrected chi connectivity index (χ1v) is 6.88. The summed E-state index contributed by atoms with van der Waals surface area (Å²) >= 11 is 3.31. The van der Waals surface area contributed by atoms with E-state index in [1.54, 1.807) is 12.1 Å². The van der Waals surface area contributed by atoms with Crippen LogP contribution >= 0.6 is 15.9 Å². The van der Waals surface area contributed by atoms with Gasteiger partial charge in [-0.2, -0.15) is 0 Å². The first kappa shape index (κ1) is 13.5. The van der Waals surface area contributed by atoms with Crippen LogP contribution in [-0.2, 0) is 11.3 Å². The van der Waals surface area contributed by atoms with E-state index in [-0.39, 0.29) is 17.6 Å². The predicted molar refractivity (Wildman–Crippen MR) is 71.5 cm³/mol. The van der Waals surface area contributed by atoms with Crippen LogP contribution in [0.2, 0.25) is 0 Å². The van der Waals surface area contributed by atoms with Gasteiger partial charge in [-0.1, -0.05) is 15.9 Å². The van der Waals surface area contributed by atoms with Gasteiger partial charge in [0.05, 0.1) is 0 Å². The topological polar surface area (TPSA) is 41.1 Å². The fourth-order valence-electron chi connectivity index (χ4n) is 1.67. The molecule has 1 fully saturated rings. The van der Waals surface area contributed by atoms with Crippen molar-refractivity contribution in [3.05, 3.63) is 34.1 Å². The van der Waals surface area contributed by atoms with Crippen molar-refractivity contribution in [2.24, 2.45) is 5.92 Å². The van der Waals surface area contributed by atoms with Crippen LogP contribution < -0.4 is 10.6 Å². The van der Waals surface area contributed by atoms with Crippen molar-refractivity contribution in [2.45, 2.75) is 19.4 Å². The lowest BCUT2D eigenvalue weighted by Crippen LogP contribution is -2.32. The second-order valence-corrected chi connectivity index (χ2v) is 5.39. The van der Waals surface area contributed by atoms with Crippen LogP contribution in [0.5, 0.6) is 0 Å². The number of benzene rings is 1. The molecule has 0 aromatic heterocycles. The average molecular weight is 315 g/mol. The third kappa shape index (κ3) is 4.07. The molecule has 1 aromatic carbocycles. The number of carbonyl (C=O) groups excluding carboxylic acids is 1. The minimum absolute atomic E-state index is 0.144. The van der Waals surface area contributed by atoms with Crippen molar-refractivity contribution >= 4 is 21.8 Å². The molecule has 1 aliphatic carbocycles. The second-order valence-electron chi connectivity index (χ2n) is 4.48. The summed E-state index contributed by atoms with van der Waals surface area (Å²) in [5, 5.41) is 5.96. The molecule has 0 spiro atoms. The Morgan fingerprint density at radius 2 is 2.17 bits per heavy atom. The Hall–Kier alpha value is -0.940. The van der Waals surface area contributed by atoms with Gasteiger partial charge < -0.3 is 10.6 Å². The predicted octanol–water partition coefficient (Wildman–Crippen LogP) is 2.20. The number of hydrogen-bond donors (Lipinski definition) is 2. The van der Waals surface area contributed by atoms with Crippen molar-refractivity contribution in [1.82, 2.24) is 10.6 Å². The zero-order valence-electron chi connectivity index (χ0n) is 10.0. The molecule has 2 rings (SSSR count). The summed E-state index contributed by atoms with van der Waals surface area (Å²) in [7, 11) is 0. The van der Waals surface area contributed by atoms with Gasteiger partial charge in [0.25, 0.3) is 0 Å². The summed E-state index contributed by atoms with van der Waals surface area (Å²) < 4.78 is 14.3. The van der Waals surface area contributed by atoms with Crippen molar-refractivity contribution < 1.29 is 9.18 Å². The molecule has 0 aliphatic heterocycles. The Morgan fingerprint density at radius 1 is 1.39 bits per heavy atom. The largest absolute Gasteiger partial charge is 0.355 e. The highest BCUT2D eigenvalue weighted by atomic mass is 79.9. The maximum atomic E-state index is 13.4. The highest BCUT2D eigenvalue weighted by Crippen LogP contribution is 2.28. The Labute approximate surface area is 114 Å². The van der Waals surface area contributed by atoms with Gasteiger partial charge in [0, 0.05) is 35.6 Å². The van der Waals surface area contributed by atoms with E-state index < -0.39 is 0 Å². The van der Waals surface area contributed by atoms with Crippen molar-refractivity contribution in [3.8, 4) is 0 Å². The van der Waals surface area contributed by atoms with Crippen LogP contribution in [0.4, 0.5) is 4.39 Å². The highest BCUT2D eigenvalue weighted by molar-refractivity contribution is 9.10. The maximum Gasteiger partial charge on any atom is 0.223 e. The molecule has 0 atom stereocenters. The smallest absolute Gasteiger partial charge is 0.223 e. The normalized spacial score (nSPS) is 14.6. The van der Waals surface area contributed by atoms with E-state index in [0.29, 0.717) is 25.2 Å². The molecule has 1 amide bonds. The Morgan fingerprint density at radius 3 is 2.89 bits per heavy atom. The highest BCUT2D eigenvalue weighted by Gasteiger charge is 2.28. The quantitative estimate of drug-likeness (QED) is 0.790. The Kier molecular flexibility index (Phi) is 4.72. The Balaban J connectivity index is 1.65. The van der Waals surface area contributed by atoms with Gasteiger partial charge in [-0.25, -0.2) is 4.39 Å². The summed E-state index contributed by atoms with van der Waals surface area (Å²) in [5.74, 6) is 0.172. The van der Waals surface area contributed by atoms with E-state index in [4.69, 9.17) is 0 Å². The van der Waals surface area contributed by atoms with E-state index in [1.165, 1.54) is 6.07 Å². The molecular weight excluding hydrogens is 299 g/mol. The van der Waals surface area contributed by atoms with Gasteiger partial charge in [-0.05, 0) is 31.0 Å². The number of carbonyl (C=O) groups is 1. The molecule has 1 saturated carbocycles. The van der Waals surface area contributed by atoms with Gasteiger partial charge in [0.2, 0.25) is 5.91 Å². The second kappa shape index (κ2) is 6.29. The summed E-state index contributed by atoms with van der Waals surface area (Å²) in [6.45, 7) is 1.69. The molecule has 2 N–H and O–H groups in total. The van der Waals surface area contributed by atoms with Gasteiger partial charge in [0.1, 0.15) is 5.82 Å². The van der Waals surface area contributed by atoms with E-state index in [9.17, 15) is 9.18 Å². The number of rotatable bonds is 6. The minimum Gasteiger partial charge on any atom is -0.355 e. The average Bonchev–Trinajstić information content (AvgIpc) is 3.17.